The molecule has 0 radical (unpaired) electrons. The average Bonchev–Trinajstić information content (AvgIpc) is 0.965. The standard InChI is InChI=1S/C73H122ClF3N12O/c1-12-52(4)67-46-82-66(43-51(2)3)54(6)81-47-68-69(71(90)87-39-20-21-40-87)57(9)89(68)70(60-25-16-17-26-60)55(7)84-72(33-18-19-34-72)50-79-37-36-78-35-32-61(30-28-59-29-31-64(65(74)45-59)73(75,76)77)80-38-42-85(10)48-63(44-58-23-14-13-15-24-58)86(11)49-62-27-22-41-88(62)56(8)53(5)83-67/h29,31-32,35,38,42,45,48-49,51-58,60,66-70,78-79,81-84H,12-28,30,33-34,36-37,39-41,43-44,46-47,50H2,1-11H3/t52-,53?,54?,55?,56-,57?,66-,67+,68?,69-,70+/m0/s1. The second-order valence-corrected chi connectivity index (χ2v) is 29.9. The Balaban J connectivity index is 1.09. The van der Waals surface area contributed by atoms with E-state index in [-0.39, 0.29) is 58.8 Å². The van der Waals surface area contributed by atoms with Gasteiger partial charge >= 0.3 is 6.18 Å². The molecule has 1 aromatic rings. The molecule has 13 nitrogen and oxygen atoms in total. The lowest BCUT2D eigenvalue weighted by atomic mass is 9.74. The Morgan fingerprint density at radius 3 is 2.22 bits per heavy atom. The molecule has 6 N–H and O–H groups in total. The van der Waals surface area contributed by atoms with Gasteiger partial charge in [-0.1, -0.05) is 110 Å². The molecule has 6 fully saturated rings. The fraction of sp³-hybridized carbons (Fsp3) is 0.781. The topological polar surface area (TPSA) is 118 Å². The fourth-order valence-electron chi connectivity index (χ4n) is 16.7. The van der Waals surface area contributed by atoms with Crippen LogP contribution in [0.25, 0.3) is 0 Å². The van der Waals surface area contributed by atoms with Gasteiger partial charge in [0, 0.05) is 168 Å². The first kappa shape index (κ1) is 72.2. The maximum atomic E-state index is 14.8. The van der Waals surface area contributed by atoms with Gasteiger partial charge in [-0.15, -0.1) is 0 Å². The van der Waals surface area contributed by atoms with Crippen LogP contribution in [-0.4, -0.2) is 162 Å². The van der Waals surface area contributed by atoms with Crippen LogP contribution in [0.3, 0.4) is 0 Å². The molecule has 4 aliphatic heterocycles. The van der Waals surface area contributed by atoms with E-state index in [4.69, 9.17) is 16.6 Å². The average molecular weight is 1280 g/mol. The number of halogens is 4. The molecule has 5 unspecified atom stereocenters. The normalized spacial score (nSPS) is 30.8. The Bertz CT molecular complexity index is 2510. The molecule has 1 spiro atoms. The molecule has 0 bridgehead atoms. The van der Waals surface area contributed by atoms with Gasteiger partial charge in [0.05, 0.1) is 16.5 Å². The van der Waals surface area contributed by atoms with E-state index in [1.165, 1.54) is 94.2 Å². The van der Waals surface area contributed by atoms with Gasteiger partial charge in [-0.05, 0) is 165 Å². The summed E-state index contributed by atoms with van der Waals surface area (Å²) in [6, 6.07) is 6.21. The van der Waals surface area contributed by atoms with E-state index in [1.807, 2.05) is 24.7 Å². The summed E-state index contributed by atoms with van der Waals surface area (Å²) in [5.74, 6) is 2.57. The summed E-state index contributed by atoms with van der Waals surface area (Å²) in [7, 11) is 4.31. The Hall–Kier alpha value is -3.64. The minimum Gasteiger partial charge on any atom is -0.390 e. The number of alkyl halides is 3. The highest BCUT2D eigenvalue weighted by molar-refractivity contribution is 6.31. The number of aliphatic imine (C=N–C) groups is 1. The van der Waals surface area contributed by atoms with Crippen molar-refractivity contribution in [1.29, 1.82) is 0 Å². The number of carbonyl (C=O) groups excluding carboxylic acids is 1. The van der Waals surface area contributed by atoms with Crippen LogP contribution in [-0.2, 0) is 17.4 Å². The highest BCUT2D eigenvalue weighted by atomic mass is 35.5. The first-order valence-corrected chi connectivity index (χ1v) is 36.4. The summed E-state index contributed by atoms with van der Waals surface area (Å²) in [5, 5.41) is 24.1. The lowest BCUT2D eigenvalue weighted by molar-refractivity contribution is -0.160. The van der Waals surface area contributed by atoms with E-state index in [9.17, 15) is 18.0 Å². The van der Waals surface area contributed by atoms with Crippen LogP contribution in [0.2, 0.25) is 5.02 Å². The highest BCUT2D eigenvalue weighted by Crippen LogP contribution is 2.44. The van der Waals surface area contributed by atoms with Gasteiger partial charge < -0.3 is 51.5 Å². The lowest BCUT2D eigenvalue weighted by Gasteiger charge is -2.60. The molecule has 3 aliphatic carbocycles. The summed E-state index contributed by atoms with van der Waals surface area (Å²) >= 11 is 6.21. The maximum absolute atomic E-state index is 14.8. The Kier molecular flexibility index (Phi) is 27.8. The van der Waals surface area contributed by atoms with Gasteiger partial charge in [-0.3, -0.25) is 14.7 Å². The largest absolute Gasteiger partial charge is 0.417 e. The van der Waals surface area contributed by atoms with Crippen molar-refractivity contribution in [2.75, 3.05) is 66.5 Å². The van der Waals surface area contributed by atoms with Crippen molar-refractivity contribution in [2.24, 2.45) is 34.6 Å². The number of allylic oxidation sites excluding steroid dienone is 3. The van der Waals surface area contributed by atoms with Gasteiger partial charge in [0.1, 0.15) is 0 Å². The summed E-state index contributed by atoms with van der Waals surface area (Å²) in [6.45, 7) is 28.4. The fourth-order valence-corrected chi connectivity index (χ4v) is 17.1. The molecule has 0 aromatic heterocycles. The first-order valence-electron chi connectivity index (χ1n) is 36.0. The Morgan fingerprint density at radius 2 is 1.53 bits per heavy atom. The number of benzene rings is 1. The van der Waals surface area contributed by atoms with Crippen molar-refractivity contribution in [3.05, 3.63) is 82.8 Å². The van der Waals surface area contributed by atoms with Gasteiger partial charge in [0.25, 0.3) is 0 Å². The van der Waals surface area contributed by atoms with Crippen molar-refractivity contribution in [2.45, 2.75) is 270 Å². The number of hydrogen-bond acceptors (Lipinski definition) is 12. The lowest BCUT2D eigenvalue weighted by Crippen LogP contribution is -2.76. The number of aryl methyl sites for hydroxylation is 1. The Labute approximate surface area is 548 Å². The van der Waals surface area contributed by atoms with Crippen molar-refractivity contribution in [3.63, 3.8) is 0 Å². The zero-order valence-electron chi connectivity index (χ0n) is 57.6. The number of likely N-dealkylation sites (tertiary alicyclic amines) is 1. The number of nitrogens with one attached hydrogen (secondary N) is 6. The van der Waals surface area contributed by atoms with E-state index in [0.29, 0.717) is 54.5 Å². The van der Waals surface area contributed by atoms with Crippen LogP contribution in [0.4, 0.5) is 13.2 Å². The van der Waals surface area contributed by atoms with Crippen molar-refractivity contribution in [3.8, 4) is 0 Å². The van der Waals surface area contributed by atoms with E-state index >= 15 is 0 Å². The summed E-state index contributed by atoms with van der Waals surface area (Å²) in [5.41, 5.74) is 3.36. The first-order chi connectivity index (χ1) is 43.1. The Morgan fingerprint density at radius 1 is 0.811 bits per heavy atom. The number of carbonyl (C=O) groups is 1. The summed E-state index contributed by atoms with van der Waals surface area (Å²) in [6.07, 6.45) is 32.6. The van der Waals surface area contributed by atoms with Crippen molar-refractivity contribution in [1.82, 2.24) is 56.4 Å². The number of amides is 1. The molecular weight excluding hydrogens is 1150 g/mol. The zero-order chi connectivity index (χ0) is 64.5. The molecular formula is C73H122ClF3N12O. The molecule has 1 aromatic carbocycles. The van der Waals surface area contributed by atoms with Gasteiger partial charge in [0.15, 0.2) is 0 Å². The molecule has 508 valence electrons. The molecule has 8 rings (SSSR count). The van der Waals surface area contributed by atoms with Crippen LogP contribution in [0.1, 0.15) is 208 Å². The van der Waals surface area contributed by atoms with Crippen molar-refractivity contribution < 1.29 is 18.0 Å². The van der Waals surface area contributed by atoms with Gasteiger partial charge in [-0.2, -0.15) is 13.2 Å². The third-order valence-electron chi connectivity index (χ3n) is 22.4. The molecule has 11 atom stereocenters. The van der Waals surface area contributed by atoms with Crippen LogP contribution in [0, 0.1) is 29.6 Å². The second kappa shape index (κ2) is 34.7. The molecule has 7 aliphatic rings. The number of hydrogen-bond donors (Lipinski definition) is 6. The SMILES string of the molecule is CC[C@H](C)[C@H]1CN[C@@H](CC(C)C)C(C)NCC2[C@@H](C(=O)N3CCCC3)C(C)N2[C@@H](C2CCCC2)C(C)NC2(CCCC2)CNCCNC=CC(CCc2ccc(C(F)(F)F)c(Cl)c2)=NC=CN(C)C=C(CC2CCCCC2)N(C)C=C2CCCN2[C@@H](C)C(C)N1. The molecule has 3 saturated carbocycles. The number of rotatable bonds is 11. The number of fused-ring (bicyclic) bond motifs is 2. The molecule has 4 heterocycles. The molecule has 3 saturated heterocycles. The minimum absolute atomic E-state index is 0.0205. The van der Waals surface area contributed by atoms with E-state index in [0.717, 1.165) is 127 Å². The third-order valence-corrected chi connectivity index (χ3v) is 22.7. The summed E-state index contributed by atoms with van der Waals surface area (Å²) in [4.78, 5) is 32.0. The van der Waals surface area contributed by atoms with Crippen LogP contribution >= 0.6 is 11.6 Å². The van der Waals surface area contributed by atoms with Crippen LogP contribution < -0.4 is 31.9 Å². The van der Waals surface area contributed by atoms with E-state index < -0.39 is 11.7 Å². The zero-order valence-corrected chi connectivity index (χ0v) is 58.4. The predicted octanol–water partition coefficient (Wildman–Crippen LogP) is 13.4. The second-order valence-electron chi connectivity index (χ2n) is 29.5. The van der Waals surface area contributed by atoms with Crippen LogP contribution in [0.15, 0.2) is 71.7 Å². The molecule has 90 heavy (non-hydrogen) atoms. The van der Waals surface area contributed by atoms with Gasteiger partial charge in [-0.25, -0.2) is 0 Å². The third kappa shape index (κ3) is 20.0. The van der Waals surface area contributed by atoms with E-state index in [2.05, 4.69) is 145 Å². The smallest absolute Gasteiger partial charge is 0.390 e. The quantitative estimate of drug-likeness (QED) is 0.127. The predicted molar refractivity (Wildman–Crippen MR) is 368 cm³/mol. The summed E-state index contributed by atoms with van der Waals surface area (Å²) < 4.78 is 41.1. The molecule has 1 amide bonds. The highest BCUT2D eigenvalue weighted by Gasteiger charge is 2.56. The van der Waals surface area contributed by atoms with Crippen LogP contribution in [0.5, 0.6) is 0 Å². The van der Waals surface area contributed by atoms with E-state index in [1.54, 1.807) is 0 Å². The molecule has 17 heteroatoms. The number of nitrogens with zero attached hydrogens (tertiary/aromatic N) is 6. The van der Waals surface area contributed by atoms with Crippen molar-refractivity contribution >= 4 is 23.2 Å². The minimum atomic E-state index is -4.51. The monoisotopic (exact) mass is 1270 g/mol. The van der Waals surface area contributed by atoms with Gasteiger partial charge in [0.2, 0.25) is 5.91 Å². The maximum Gasteiger partial charge on any atom is 0.417 e.